The Hall–Kier alpha value is -1.80. The van der Waals surface area contributed by atoms with Gasteiger partial charge < -0.3 is 14.7 Å². The van der Waals surface area contributed by atoms with Gasteiger partial charge in [0.2, 0.25) is 5.91 Å². The molecule has 0 aliphatic carbocycles. The van der Waals surface area contributed by atoms with Crippen molar-refractivity contribution in [3.63, 3.8) is 0 Å². The van der Waals surface area contributed by atoms with Gasteiger partial charge in [-0.15, -0.1) is 0 Å². The molecule has 3 unspecified atom stereocenters. The van der Waals surface area contributed by atoms with E-state index in [1.807, 2.05) is 18.7 Å². The standard InChI is InChI=1S/C26H41N3O4/c1-17(2)23(28-25(32)27-12-10-20(30)14-21-15-33-21)24(31)29-13-11-22(26(4,5)16-29)19-8-6-18(3)7-9-19/h6-9,17,21-23,25,27-28,32H,10-16H2,1-5H3/t21?,22?,23-,25?/m1/s1. The van der Waals surface area contributed by atoms with Crippen molar-refractivity contribution in [1.29, 1.82) is 0 Å². The largest absolute Gasteiger partial charge is 0.373 e. The summed E-state index contributed by atoms with van der Waals surface area (Å²) in [7, 11) is 0. The van der Waals surface area contributed by atoms with Gasteiger partial charge in [0.15, 0.2) is 6.35 Å². The number of amides is 1. The molecule has 0 saturated carbocycles. The third kappa shape index (κ3) is 7.34. The molecule has 2 saturated heterocycles. The minimum Gasteiger partial charge on any atom is -0.373 e. The number of aryl methyl sites for hydroxylation is 1. The minimum absolute atomic E-state index is 0.0144. The number of carbonyl (C=O) groups excluding carboxylic acids is 2. The summed E-state index contributed by atoms with van der Waals surface area (Å²) in [5.41, 5.74) is 2.54. The first-order valence-corrected chi connectivity index (χ1v) is 12.2. The summed E-state index contributed by atoms with van der Waals surface area (Å²) in [6, 6.07) is 8.23. The summed E-state index contributed by atoms with van der Waals surface area (Å²) in [6.45, 7) is 12.9. The fourth-order valence-corrected chi connectivity index (χ4v) is 4.83. The first-order valence-electron chi connectivity index (χ1n) is 12.2. The summed E-state index contributed by atoms with van der Waals surface area (Å²) in [4.78, 5) is 27.2. The van der Waals surface area contributed by atoms with Gasteiger partial charge in [-0.3, -0.25) is 20.2 Å². The quantitative estimate of drug-likeness (QED) is 0.348. The van der Waals surface area contributed by atoms with Crippen LogP contribution in [0, 0.1) is 18.3 Å². The van der Waals surface area contributed by atoms with Crippen LogP contribution in [0.25, 0.3) is 0 Å². The highest BCUT2D eigenvalue weighted by Crippen LogP contribution is 2.42. The van der Waals surface area contributed by atoms with Crippen LogP contribution in [-0.2, 0) is 14.3 Å². The van der Waals surface area contributed by atoms with E-state index in [-0.39, 0.29) is 29.1 Å². The Balaban J connectivity index is 1.53. The van der Waals surface area contributed by atoms with Gasteiger partial charge in [0.25, 0.3) is 0 Å². The van der Waals surface area contributed by atoms with E-state index in [0.29, 0.717) is 45.0 Å². The van der Waals surface area contributed by atoms with Crippen molar-refractivity contribution in [3.8, 4) is 0 Å². The van der Waals surface area contributed by atoms with Crippen molar-refractivity contribution in [2.75, 3.05) is 26.2 Å². The number of nitrogens with one attached hydrogen (secondary N) is 2. The van der Waals surface area contributed by atoms with Crippen LogP contribution >= 0.6 is 0 Å². The normalized spacial score (nSPS) is 23.9. The number of ether oxygens (including phenoxy) is 1. The van der Waals surface area contributed by atoms with Gasteiger partial charge in [-0.2, -0.15) is 0 Å². The second-order valence-electron chi connectivity index (χ2n) is 10.7. The van der Waals surface area contributed by atoms with Crippen LogP contribution in [0.4, 0.5) is 0 Å². The second kappa shape index (κ2) is 11.1. The lowest BCUT2D eigenvalue weighted by Crippen LogP contribution is -2.58. The average Bonchev–Trinajstić information content (AvgIpc) is 3.55. The highest BCUT2D eigenvalue weighted by atomic mass is 16.6. The first kappa shape index (κ1) is 25.8. The van der Waals surface area contributed by atoms with Crippen molar-refractivity contribution in [1.82, 2.24) is 15.5 Å². The van der Waals surface area contributed by atoms with Crippen molar-refractivity contribution in [2.45, 2.75) is 78.3 Å². The number of hydrogen-bond donors (Lipinski definition) is 3. The molecular formula is C26H41N3O4. The fourth-order valence-electron chi connectivity index (χ4n) is 4.83. The van der Waals surface area contributed by atoms with E-state index in [0.717, 1.165) is 6.42 Å². The van der Waals surface area contributed by atoms with E-state index in [1.165, 1.54) is 11.1 Å². The summed E-state index contributed by atoms with van der Waals surface area (Å²) in [5.74, 6) is 0.551. The van der Waals surface area contributed by atoms with Crippen LogP contribution in [0.1, 0.15) is 64.0 Å². The van der Waals surface area contributed by atoms with Crippen LogP contribution in [0.15, 0.2) is 24.3 Å². The topological polar surface area (TPSA) is 94.2 Å². The van der Waals surface area contributed by atoms with Crippen LogP contribution < -0.4 is 10.6 Å². The summed E-state index contributed by atoms with van der Waals surface area (Å²) < 4.78 is 5.08. The molecule has 2 fully saturated rings. The predicted octanol–water partition coefficient (Wildman–Crippen LogP) is 2.56. The van der Waals surface area contributed by atoms with Gasteiger partial charge in [-0.1, -0.05) is 57.5 Å². The number of likely N-dealkylation sites (tertiary alicyclic amines) is 1. The monoisotopic (exact) mass is 459 g/mol. The molecule has 7 heteroatoms. The summed E-state index contributed by atoms with van der Waals surface area (Å²) in [5, 5.41) is 16.4. The maximum absolute atomic E-state index is 13.4. The lowest BCUT2D eigenvalue weighted by molar-refractivity contribution is -0.139. The minimum atomic E-state index is -1.05. The number of Topliss-reactive ketones (excluding diaryl/α,β-unsaturated/α-hetero) is 1. The number of benzene rings is 1. The fraction of sp³-hybridized carbons (Fsp3) is 0.692. The van der Waals surface area contributed by atoms with E-state index >= 15 is 0 Å². The van der Waals surface area contributed by atoms with Crippen molar-refractivity contribution in [2.24, 2.45) is 11.3 Å². The van der Waals surface area contributed by atoms with Crippen molar-refractivity contribution < 1.29 is 19.4 Å². The molecule has 33 heavy (non-hydrogen) atoms. The number of carbonyl (C=O) groups is 2. The van der Waals surface area contributed by atoms with E-state index in [2.05, 4.69) is 55.7 Å². The number of ketones is 1. The lowest BCUT2D eigenvalue weighted by Gasteiger charge is -2.46. The molecule has 0 aromatic heterocycles. The molecule has 3 N–H and O–H groups in total. The molecule has 2 heterocycles. The van der Waals surface area contributed by atoms with Gasteiger partial charge in [0.1, 0.15) is 5.78 Å². The number of piperidine rings is 1. The average molecular weight is 460 g/mol. The number of epoxide rings is 1. The van der Waals surface area contributed by atoms with Gasteiger partial charge in [0.05, 0.1) is 18.8 Å². The SMILES string of the molecule is Cc1ccc(C2CCN(C(=O)[C@H](NC(O)NCCC(=O)CC3CO3)C(C)C)CC2(C)C)cc1. The number of aliphatic hydroxyl groups is 1. The van der Waals surface area contributed by atoms with Crippen LogP contribution in [0.3, 0.4) is 0 Å². The first-order chi connectivity index (χ1) is 15.6. The number of nitrogens with zero attached hydrogens (tertiary/aromatic N) is 1. The van der Waals surface area contributed by atoms with Gasteiger partial charge >= 0.3 is 0 Å². The van der Waals surface area contributed by atoms with E-state index in [1.54, 1.807) is 0 Å². The van der Waals surface area contributed by atoms with Gasteiger partial charge in [-0.05, 0) is 36.2 Å². The number of rotatable bonds is 11. The van der Waals surface area contributed by atoms with Crippen LogP contribution in [0.5, 0.6) is 0 Å². The third-order valence-corrected chi connectivity index (χ3v) is 6.89. The molecule has 2 aliphatic heterocycles. The zero-order valence-corrected chi connectivity index (χ0v) is 20.8. The van der Waals surface area contributed by atoms with Crippen LogP contribution in [-0.4, -0.2) is 66.4 Å². The molecule has 184 valence electrons. The predicted molar refractivity (Wildman–Crippen MR) is 129 cm³/mol. The van der Waals surface area contributed by atoms with E-state index in [9.17, 15) is 14.7 Å². The molecule has 4 atom stereocenters. The highest BCUT2D eigenvalue weighted by Gasteiger charge is 2.40. The molecule has 2 aliphatic rings. The molecule has 1 aromatic carbocycles. The molecule has 7 nitrogen and oxygen atoms in total. The zero-order chi connectivity index (χ0) is 24.2. The summed E-state index contributed by atoms with van der Waals surface area (Å²) in [6.07, 6.45) is 0.722. The zero-order valence-electron chi connectivity index (χ0n) is 20.8. The molecule has 0 spiro atoms. The second-order valence-corrected chi connectivity index (χ2v) is 10.7. The molecule has 0 bridgehead atoms. The Morgan fingerprint density at radius 2 is 1.91 bits per heavy atom. The summed E-state index contributed by atoms with van der Waals surface area (Å²) >= 11 is 0. The van der Waals surface area contributed by atoms with Gasteiger partial charge in [-0.25, -0.2) is 0 Å². The Morgan fingerprint density at radius 3 is 2.48 bits per heavy atom. The van der Waals surface area contributed by atoms with E-state index < -0.39 is 12.4 Å². The third-order valence-electron chi connectivity index (χ3n) is 6.89. The Morgan fingerprint density at radius 1 is 1.24 bits per heavy atom. The van der Waals surface area contributed by atoms with Gasteiger partial charge in [0, 0.05) is 32.5 Å². The Bertz CT molecular complexity index is 804. The van der Waals surface area contributed by atoms with Crippen molar-refractivity contribution in [3.05, 3.63) is 35.4 Å². The highest BCUT2D eigenvalue weighted by molar-refractivity contribution is 5.82. The molecule has 3 rings (SSSR count). The molecule has 1 amide bonds. The number of aliphatic hydroxyl groups excluding tert-OH is 1. The number of hydrogen-bond acceptors (Lipinski definition) is 6. The maximum atomic E-state index is 13.4. The maximum Gasteiger partial charge on any atom is 0.240 e. The van der Waals surface area contributed by atoms with E-state index in [4.69, 9.17) is 4.74 Å². The lowest BCUT2D eigenvalue weighted by atomic mass is 9.70. The smallest absolute Gasteiger partial charge is 0.240 e. The van der Waals surface area contributed by atoms with Crippen molar-refractivity contribution >= 4 is 11.7 Å². The molecular weight excluding hydrogens is 418 g/mol. The Kier molecular flexibility index (Phi) is 8.67. The Labute approximate surface area is 198 Å². The molecule has 0 radical (unpaired) electrons. The van der Waals surface area contributed by atoms with Crippen LogP contribution in [0.2, 0.25) is 0 Å². The molecule has 1 aromatic rings.